The minimum atomic E-state index is 0.234. The highest BCUT2D eigenvalue weighted by atomic mass is 79.9. The summed E-state index contributed by atoms with van der Waals surface area (Å²) in [5.41, 5.74) is 10.2. The molecule has 0 fully saturated rings. The summed E-state index contributed by atoms with van der Waals surface area (Å²) in [7, 11) is 0. The SMILES string of the molecule is CCC(N)Cc1cc(Br)ccc1SCc1cccc(C)c1. The molecular formula is C18H22BrNS. The number of halogens is 1. The lowest BCUT2D eigenvalue weighted by Gasteiger charge is -2.14. The van der Waals surface area contributed by atoms with Crippen molar-refractivity contribution in [1.82, 2.24) is 0 Å². The molecule has 2 aromatic rings. The van der Waals surface area contributed by atoms with Crippen molar-refractivity contribution in [3.63, 3.8) is 0 Å². The molecule has 0 radical (unpaired) electrons. The fraction of sp³-hybridized carbons (Fsp3) is 0.333. The maximum absolute atomic E-state index is 6.13. The van der Waals surface area contributed by atoms with Gasteiger partial charge in [-0.3, -0.25) is 0 Å². The second-order valence-electron chi connectivity index (χ2n) is 5.40. The molecule has 3 heteroatoms. The van der Waals surface area contributed by atoms with Gasteiger partial charge in [0.05, 0.1) is 0 Å². The van der Waals surface area contributed by atoms with Gasteiger partial charge in [-0.05, 0) is 49.1 Å². The maximum atomic E-state index is 6.13. The van der Waals surface area contributed by atoms with Crippen molar-refractivity contribution in [3.05, 3.63) is 63.6 Å². The molecule has 0 bridgehead atoms. The Bertz CT molecular complexity index is 598. The molecule has 0 aliphatic heterocycles. The van der Waals surface area contributed by atoms with Crippen LogP contribution in [0.2, 0.25) is 0 Å². The minimum Gasteiger partial charge on any atom is -0.327 e. The standard InChI is InChI=1S/C18H22BrNS/c1-3-17(20)11-15-10-16(19)7-8-18(15)21-12-14-6-4-5-13(2)9-14/h4-10,17H,3,11-12,20H2,1-2H3. The van der Waals surface area contributed by atoms with Gasteiger partial charge in [0.15, 0.2) is 0 Å². The van der Waals surface area contributed by atoms with Crippen LogP contribution in [0.1, 0.15) is 30.0 Å². The first kappa shape index (κ1) is 16.6. The van der Waals surface area contributed by atoms with Crippen LogP contribution in [-0.2, 0) is 12.2 Å². The molecule has 0 aliphatic rings. The lowest BCUT2D eigenvalue weighted by molar-refractivity contribution is 0.641. The first-order valence-corrected chi connectivity index (χ1v) is 9.08. The van der Waals surface area contributed by atoms with E-state index in [-0.39, 0.29) is 6.04 Å². The fourth-order valence-electron chi connectivity index (χ4n) is 2.24. The van der Waals surface area contributed by atoms with E-state index < -0.39 is 0 Å². The number of nitrogens with two attached hydrogens (primary N) is 1. The number of thioether (sulfide) groups is 1. The van der Waals surface area contributed by atoms with Crippen LogP contribution >= 0.6 is 27.7 Å². The lowest BCUT2D eigenvalue weighted by Crippen LogP contribution is -2.21. The summed E-state index contributed by atoms with van der Waals surface area (Å²) in [5.74, 6) is 0.998. The molecule has 0 saturated carbocycles. The van der Waals surface area contributed by atoms with E-state index in [9.17, 15) is 0 Å². The van der Waals surface area contributed by atoms with E-state index in [1.165, 1.54) is 21.6 Å². The van der Waals surface area contributed by atoms with Crippen molar-refractivity contribution >= 4 is 27.7 Å². The molecule has 1 atom stereocenters. The fourth-order valence-corrected chi connectivity index (χ4v) is 3.64. The zero-order valence-electron chi connectivity index (χ0n) is 12.6. The normalized spacial score (nSPS) is 12.4. The van der Waals surface area contributed by atoms with Crippen molar-refractivity contribution in [2.45, 2.75) is 43.4 Å². The summed E-state index contributed by atoms with van der Waals surface area (Å²) in [6, 6.07) is 15.5. The van der Waals surface area contributed by atoms with Gasteiger partial charge in [-0.25, -0.2) is 0 Å². The lowest BCUT2D eigenvalue weighted by atomic mass is 10.1. The Labute approximate surface area is 140 Å². The largest absolute Gasteiger partial charge is 0.327 e. The number of rotatable bonds is 6. The van der Waals surface area contributed by atoms with Crippen LogP contribution in [0.3, 0.4) is 0 Å². The van der Waals surface area contributed by atoms with E-state index in [1.807, 2.05) is 11.8 Å². The highest BCUT2D eigenvalue weighted by Gasteiger charge is 2.08. The summed E-state index contributed by atoms with van der Waals surface area (Å²) in [4.78, 5) is 1.34. The summed E-state index contributed by atoms with van der Waals surface area (Å²) >= 11 is 5.46. The third-order valence-corrected chi connectivity index (χ3v) is 5.19. The first-order chi connectivity index (χ1) is 10.1. The molecule has 2 rings (SSSR count). The van der Waals surface area contributed by atoms with Crippen molar-refractivity contribution in [2.75, 3.05) is 0 Å². The zero-order valence-corrected chi connectivity index (χ0v) is 15.0. The van der Waals surface area contributed by atoms with Crippen LogP contribution < -0.4 is 5.73 Å². The highest BCUT2D eigenvalue weighted by molar-refractivity contribution is 9.10. The molecular weight excluding hydrogens is 342 g/mol. The van der Waals surface area contributed by atoms with Gasteiger partial charge in [0.25, 0.3) is 0 Å². The molecule has 1 unspecified atom stereocenters. The van der Waals surface area contributed by atoms with Crippen LogP contribution in [0.5, 0.6) is 0 Å². The quantitative estimate of drug-likeness (QED) is 0.701. The Morgan fingerprint density at radius 3 is 2.71 bits per heavy atom. The van der Waals surface area contributed by atoms with E-state index in [0.29, 0.717) is 0 Å². The third-order valence-electron chi connectivity index (χ3n) is 3.51. The Hall–Kier alpha value is -0.770. The molecule has 1 nitrogen and oxygen atoms in total. The molecule has 0 heterocycles. The first-order valence-electron chi connectivity index (χ1n) is 7.31. The van der Waals surface area contributed by atoms with Gasteiger partial charge in [0, 0.05) is 21.2 Å². The van der Waals surface area contributed by atoms with Gasteiger partial charge in [-0.15, -0.1) is 11.8 Å². The summed E-state index contributed by atoms with van der Waals surface area (Å²) in [5, 5.41) is 0. The maximum Gasteiger partial charge on any atom is 0.0232 e. The number of aryl methyl sites for hydroxylation is 1. The van der Waals surface area contributed by atoms with Crippen LogP contribution in [-0.4, -0.2) is 6.04 Å². The summed E-state index contributed by atoms with van der Waals surface area (Å²) in [6.45, 7) is 4.28. The second-order valence-corrected chi connectivity index (χ2v) is 7.34. The van der Waals surface area contributed by atoms with E-state index in [4.69, 9.17) is 5.73 Å². The number of hydrogen-bond acceptors (Lipinski definition) is 2. The van der Waals surface area contributed by atoms with E-state index in [0.717, 1.165) is 23.1 Å². The molecule has 0 aromatic heterocycles. The summed E-state index contributed by atoms with van der Waals surface area (Å²) in [6.07, 6.45) is 1.95. The van der Waals surface area contributed by atoms with Gasteiger partial charge >= 0.3 is 0 Å². The molecule has 2 N–H and O–H groups in total. The van der Waals surface area contributed by atoms with Crippen LogP contribution in [0, 0.1) is 6.92 Å². The minimum absolute atomic E-state index is 0.234. The second kappa shape index (κ2) is 8.02. The van der Waals surface area contributed by atoms with Gasteiger partial charge in [0.1, 0.15) is 0 Å². The van der Waals surface area contributed by atoms with Gasteiger partial charge < -0.3 is 5.73 Å². The van der Waals surface area contributed by atoms with E-state index in [1.54, 1.807) is 0 Å². The molecule has 112 valence electrons. The molecule has 2 aromatic carbocycles. The molecule has 0 amide bonds. The highest BCUT2D eigenvalue weighted by Crippen LogP contribution is 2.29. The molecule has 0 saturated heterocycles. The van der Waals surface area contributed by atoms with Crippen molar-refractivity contribution < 1.29 is 0 Å². The average molecular weight is 364 g/mol. The topological polar surface area (TPSA) is 26.0 Å². The number of hydrogen-bond donors (Lipinski definition) is 1. The monoisotopic (exact) mass is 363 g/mol. The van der Waals surface area contributed by atoms with E-state index in [2.05, 4.69) is 72.2 Å². The predicted molar refractivity (Wildman–Crippen MR) is 96.9 cm³/mol. The smallest absolute Gasteiger partial charge is 0.0232 e. The zero-order chi connectivity index (χ0) is 15.2. The third kappa shape index (κ3) is 5.17. The molecule has 21 heavy (non-hydrogen) atoms. The Morgan fingerprint density at radius 1 is 1.19 bits per heavy atom. The molecule has 0 spiro atoms. The van der Waals surface area contributed by atoms with Crippen LogP contribution in [0.15, 0.2) is 51.8 Å². The van der Waals surface area contributed by atoms with Gasteiger partial charge in [-0.1, -0.05) is 52.7 Å². The van der Waals surface area contributed by atoms with E-state index >= 15 is 0 Å². The van der Waals surface area contributed by atoms with Crippen molar-refractivity contribution in [3.8, 4) is 0 Å². The predicted octanol–water partition coefficient (Wildman–Crippen LogP) is 5.33. The summed E-state index contributed by atoms with van der Waals surface area (Å²) < 4.78 is 1.13. The van der Waals surface area contributed by atoms with Gasteiger partial charge in [0.2, 0.25) is 0 Å². The molecule has 0 aliphatic carbocycles. The van der Waals surface area contributed by atoms with Crippen LogP contribution in [0.25, 0.3) is 0 Å². The Morgan fingerprint density at radius 2 is 2.00 bits per heavy atom. The Kier molecular flexibility index (Phi) is 6.34. The average Bonchev–Trinajstić information content (AvgIpc) is 2.46. The van der Waals surface area contributed by atoms with Crippen LogP contribution in [0.4, 0.5) is 0 Å². The van der Waals surface area contributed by atoms with Crippen molar-refractivity contribution in [1.29, 1.82) is 0 Å². The van der Waals surface area contributed by atoms with Crippen molar-refractivity contribution in [2.24, 2.45) is 5.73 Å². The Balaban J connectivity index is 2.11. The van der Waals surface area contributed by atoms with Gasteiger partial charge in [-0.2, -0.15) is 0 Å². The number of benzene rings is 2.